The molecule has 2 aromatic carbocycles. The van der Waals surface area contributed by atoms with E-state index < -0.39 is 6.16 Å². The number of ether oxygens (including phenoxy) is 1. The van der Waals surface area contributed by atoms with E-state index in [4.69, 9.17) is 36.3 Å². The Balaban J connectivity index is 0.00000127. The summed E-state index contributed by atoms with van der Waals surface area (Å²) in [5.74, 6) is 0.416. The summed E-state index contributed by atoms with van der Waals surface area (Å²) in [6.45, 7) is 6.78. The summed E-state index contributed by atoms with van der Waals surface area (Å²) in [4.78, 5) is 28.9. The minimum Gasteiger partial charge on any atom is -0.492 e. The molecule has 3 aromatic rings. The number of aliphatic hydroxyl groups excluding tert-OH is 1. The van der Waals surface area contributed by atoms with Gasteiger partial charge in [0, 0.05) is 23.7 Å². The molecule has 1 fully saturated rings. The van der Waals surface area contributed by atoms with Gasteiger partial charge in [-0.25, -0.2) is 9.78 Å². The SMILES string of the molecule is CCc1ccccc1-c1ccc(C(=O)NC2CCC(O)CC2)nc1-c1ccc(Cl)c(OCCCN(C)CC)c1.Cl.O=C(O)O. The highest BCUT2D eigenvalue weighted by molar-refractivity contribution is 6.32. The van der Waals surface area contributed by atoms with Crippen molar-refractivity contribution in [3.63, 3.8) is 0 Å². The summed E-state index contributed by atoms with van der Waals surface area (Å²) in [6, 6.07) is 17.8. The lowest BCUT2D eigenvalue weighted by Crippen LogP contribution is -2.38. The van der Waals surface area contributed by atoms with E-state index in [1.54, 1.807) is 6.07 Å². The number of rotatable bonds is 11. The standard InChI is InChI=1S/C32H40ClN3O3.CH2O3.ClH/c1-4-22-9-6-7-10-26(22)27-16-18-29(32(38)34-24-12-14-25(37)15-13-24)35-31(27)23-11-17-28(33)30(21-23)39-20-8-19-36(3)5-2;2-1(3)4;/h6-7,9-11,16-18,21,24-25,37H,4-5,8,12-15,19-20H2,1-3H3,(H,34,38);(H2,2,3,4);1H. The maximum absolute atomic E-state index is 13.2. The van der Waals surface area contributed by atoms with Crippen molar-refractivity contribution >= 4 is 36.1 Å². The minimum atomic E-state index is -1.83. The lowest BCUT2D eigenvalue weighted by atomic mass is 9.92. The maximum Gasteiger partial charge on any atom is 0.503 e. The van der Waals surface area contributed by atoms with Crippen molar-refractivity contribution in [2.45, 2.75) is 64.5 Å². The van der Waals surface area contributed by atoms with E-state index in [0.29, 0.717) is 35.9 Å². The van der Waals surface area contributed by atoms with Gasteiger partial charge in [-0.1, -0.05) is 55.8 Å². The molecular formula is C33H43Cl2N3O6. The van der Waals surface area contributed by atoms with E-state index in [0.717, 1.165) is 61.2 Å². The first-order valence-corrected chi connectivity index (χ1v) is 15.1. The maximum atomic E-state index is 13.2. The second kappa shape index (κ2) is 18.4. The third-order valence-electron chi connectivity index (χ3n) is 7.53. The lowest BCUT2D eigenvalue weighted by molar-refractivity contribution is 0.0863. The molecule has 0 spiro atoms. The molecule has 1 aliphatic rings. The zero-order chi connectivity index (χ0) is 31.4. The molecule has 1 saturated carbocycles. The topological polar surface area (TPSA) is 132 Å². The number of aromatic nitrogens is 1. The van der Waals surface area contributed by atoms with Crippen molar-refractivity contribution in [3.05, 3.63) is 70.9 Å². The highest BCUT2D eigenvalue weighted by atomic mass is 35.5. The first-order valence-electron chi connectivity index (χ1n) is 14.7. The number of pyridine rings is 1. The van der Waals surface area contributed by atoms with E-state index in [1.165, 1.54) is 5.56 Å². The number of aliphatic hydroxyl groups is 1. The molecule has 4 N–H and O–H groups in total. The number of carbonyl (C=O) groups excluding carboxylic acids is 1. The Kier molecular flexibility index (Phi) is 15.4. The smallest absolute Gasteiger partial charge is 0.492 e. The van der Waals surface area contributed by atoms with Crippen LogP contribution in [0.5, 0.6) is 5.75 Å². The highest BCUT2D eigenvalue weighted by Gasteiger charge is 2.23. The van der Waals surface area contributed by atoms with Crippen LogP contribution < -0.4 is 10.1 Å². The number of hydrogen-bond donors (Lipinski definition) is 4. The predicted molar refractivity (Wildman–Crippen MR) is 176 cm³/mol. The fourth-order valence-corrected chi connectivity index (χ4v) is 5.20. The van der Waals surface area contributed by atoms with Crippen LogP contribution in [-0.4, -0.2) is 76.2 Å². The predicted octanol–water partition coefficient (Wildman–Crippen LogP) is 7.03. The minimum absolute atomic E-state index is 0. The van der Waals surface area contributed by atoms with Gasteiger partial charge in [0.2, 0.25) is 0 Å². The van der Waals surface area contributed by atoms with Gasteiger partial charge in [0.1, 0.15) is 11.4 Å². The van der Waals surface area contributed by atoms with E-state index in [9.17, 15) is 9.90 Å². The molecule has 0 aliphatic heterocycles. The van der Waals surface area contributed by atoms with Crippen LogP contribution in [0, 0.1) is 0 Å². The van der Waals surface area contributed by atoms with E-state index in [1.807, 2.05) is 36.4 Å². The van der Waals surface area contributed by atoms with Gasteiger partial charge in [0.15, 0.2) is 0 Å². The number of amides is 1. The molecule has 1 heterocycles. The number of hydrogen-bond acceptors (Lipinski definition) is 6. The van der Waals surface area contributed by atoms with Crippen LogP contribution in [0.4, 0.5) is 4.79 Å². The molecule has 0 saturated heterocycles. The normalized spacial score (nSPS) is 15.9. The van der Waals surface area contributed by atoms with Crippen molar-refractivity contribution in [3.8, 4) is 28.1 Å². The van der Waals surface area contributed by atoms with Crippen LogP contribution in [0.2, 0.25) is 5.02 Å². The lowest BCUT2D eigenvalue weighted by Gasteiger charge is -2.26. The van der Waals surface area contributed by atoms with Crippen molar-refractivity contribution in [1.29, 1.82) is 0 Å². The molecule has 1 aromatic heterocycles. The number of carbonyl (C=O) groups is 2. The molecule has 4 rings (SSSR count). The quantitative estimate of drug-likeness (QED) is 0.163. The zero-order valence-electron chi connectivity index (χ0n) is 25.5. The number of benzene rings is 2. The summed E-state index contributed by atoms with van der Waals surface area (Å²) in [6.07, 6.45) is 2.63. The number of nitrogens with zero attached hydrogens (tertiary/aromatic N) is 2. The fourth-order valence-electron chi connectivity index (χ4n) is 5.03. The van der Waals surface area contributed by atoms with Crippen LogP contribution in [0.1, 0.15) is 62.0 Å². The van der Waals surface area contributed by atoms with Crippen LogP contribution >= 0.6 is 24.0 Å². The zero-order valence-corrected chi connectivity index (χ0v) is 27.0. The van der Waals surface area contributed by atoms with Gasteiger partial charge >= 0.3 is 6.16 Å². The average Bonchev–Trinajstić information content (AvgIpc) is 3.00. The molecule has 0 bridgehead atoms. The molecule has 0 unspecified atom stereocenters. The van der Waals surface area contributed by atoms with Gasteiger partial charge in [-0.05, 0) is 87.5 Å². The largest absolute Gasteiger partial charge is 0.503 e. The Morgan fingerprint density at radius 2 is 1.70 bits per heavy atom. The van der Waals surface area contributed by atoms with Crippen LogP contribution in [0.25, 0.3) is 22.4 Å². The Bertz CT molecular complexity index is 1360. The van der Waals surface area contributed by atoms with Crippen LogP contribution in [0.3, 0.4) is 0 Å². The van der Waals surface area contributed by atoms with Crippen molar-refractivity contribution in [2.24, 2.45) is 0 Å². The number of halogens is 2. The summed E-state index contributed by atoms with van der Waals surface area (Å²) in [7, 11) is 2.09. The summed E-state index contributed by atoms with van der Waals surface area (Å²) < 4.78 is 6.09. The number of nitrogens with one attached hydrogen (secondary N) is 1. The fraction of sp³-hybridized carbons (Fsp3) is 0.424. The molecule has 0 radical (unpaired) electrons. The van der Waals surface area contributed by atoms with E-state index >= 15 is 0 Å². The molecular weight excluding hydrogens is 605 g/mol. The first-order chi connectivity index (χ1) is 20.6. The molecule has 1 amide bonds. The van der Waals surface area contributed by atoms with Crippen LogP contribution in [0.15, 0.2) is 54.6 Å². The molecule has 44 heavy (non-hydrogen) atoms. The third kappa shape index (κ3) is 11.0. The molecule has 9 nitrogen and oxygen atoms in total. The van der Waals surface area contributed by atoms with Gasteiger partial charge in [0.25, 0.3) is 5.91 Å². The molecule has 240 valence electrons. The average molecular weight is 649 g/mol. The second-order valence-corrected chi connectivity index (χ2v) is 11.0. The van der Waals surface area contributed by atoms with Crippen molar-refractivity contribution in [1.82, 2.24) is 15.2 Å². The summed E-state index contributed by atoms with van der Waals surface area (Å²) in [5, 5.41) is 27.4. The Labute approximate surface area is 270 Å². The van der Waals surface area contributed by atoms with E-state index in [-0.39, 0.29) is 30.5 Å². The number of aryl methyl sites for hydroxylation is 1. The van der Waals surface area contributed by atoms with Gasteiger partial charge in [-0.2, -0.15) is 0 Å². The Hall–Kier alpha value is -3.37. The Morgan fingerprint density at radius 3 is 2.36 bits per heavy atom. The second-order valence-electron chi connectivity index (χ2n) is 10.6. The van der Waals surface area contributed by atoms with Gasteiger partial charge < -0.3 is 30.3 Å². The molecule has 0 atom stereocenters. The van der Waals surface area contributed by atoms with Crippen molar-refractivity contribution < 1.29 is 29.6 Å². The Morgan fingerprint density at radius 1 is 1.02 bits per heavy atom. The van der Waals surface area contributed by atoms with Crippen molar-refractivity contribution in [2.75, 3.05) is 26.7 Å². The van der Waals surface area contributed by atoms with Gasteiger partial charge in [0.05, 0.1) is 23.4 Å². The molecule has 1 aliphatic carbocycles. The highest BCUT2D eigenvalue weighted by Crippen LogP contribution is 2.37. The summed E-state index contributed by atoms with van der Waals surface area (Å²) >= 11 is 6.52. The molecule has 11 heteroatoms. The summed E-state index contributed by atoms with van der Waals surface area (Å²) in [5.41, 5.74) is 5.20. The van der Waals surface area contributed by atoms with Crippen LogP contribution in [-0.2, 0) is 6.42 Å². The van der Waals surface area contributed by atoms with E-state index in [2.05, 4.69) is 43.2 Å². The third-order valence-corrected chi connectivity index (χ3v) is 7.85. The van der Waals surface area contributed by atoms with Gasteiger partial charge in [-0.3, -0.25) is 4.79 Å². The number of carboxylic acid groups (broad SMARTS) is 2. The van der Waals surface area contributed by atoms with Gasteiger partial charge in [-0.15, -0.1) is 12.4 Å². The first kappa shape index (κ1) is 36.8. The monoisotopic (exact) mass is 647 g/mol.